The average Bonchev–Trinajstić information content (AvgIpc) is 2.74. The minimum atomic E-state index is -0.0372. The first kappa shape index (κ1) is 22.9. The van der Waals surface area contributed by atoms with Crippen LogP contribution in [-0.2, 0) is 9.59 Å². The molecule has 0 saturated carbocycles. The predicted octanol–water partition coefficient (Wildman–Crippen LogP) is 2.06. The highest BCUT2D eigenvalue weighted by Crippen LogP contribution is 2.15. The molecule has 29 heavy (non-hydrogen) atoms. The maximum Gasteiger partial charge on any atom is 0.236 e. The van der Waals surface area contributed by atoms with Crippen LogP contribution in [0.2, 0.25) is 0 Å². The summed E-state index contributed by atoms with van der Waals surface area (Å²) in [5, 5.41) is 0. The number of Topliss-reactive ketones (excluding diaryl/α,β-unsaturated/α-hetero) is 1. The lowest BCUT2D eigenvalue weighted by Crippen LogP contribution is -2.51. The summed E-state index contributed by atoms with van der Waals surface area (Å²) >= 11 is 0. The predicted molar refractivity (Wildman–Crippen MR) is 112 cm³/mol. The number of piperazine rings is 1. The number of hydrogen-bond acceptors (Lipinski definition) is 5. The molecule has 0 spiro atoms. The molecular formula is C22H33N3O4. The van der Waals surface area contributed by atoms with Crippen LogP contribution >= 0.6 is 0 Å². The Bertz CT molecular complexity index is 678. The summed E-state index contributed by atoms with van der Waals surface area (Å²) in [5.41, 5.74) is 0.598. The summed E-state index contributed by atoms with van der Waals surface area (Å²) in [6, 6.07) is 7.03. The van der Waals surface area contributed by atoms with Gasteiger partial charge in [0.2, 0.25) is 11.8 Å². The fourth-order valence-corrected chi connectivity index (χ4v) is 3.45. The van der Waals surface area contributed by atoms with E-state index in [-0.39, 0.29) is 30.4 Å². The zero-order valence-corrected chi connectivity index (χ0v) is 17.9. The normalized spacial score (nSPS) is 14.5. The zero-order chi connectivity index (χ0) is 21.2. The highest BCUT2D eigenvalue weighted by Gasteiger charge is 2.24. The third-order valence-corrected chi connectivity index (χ3v) is 5.25. The topological polar surface area (TPSA) is 70.2 Å². The first-order chi connectivity index (χ1) is 14.0. The second-order valence-corrected chi connectivity index (χ2v) is 7.10. The summed E-state index contributed by atoms with van der Waals surface area (Å²) < 4.78 is 5.38. The van der Waals surface area contributed by atoms with Crippen molar-refractivity contribution in [3.63, 3.8) is 0 Å². The molecule has 0 aliphatic carbocycles. The van der Waals surface area contributed by atoms with Gasteiger partial charge in [0.1, 0.15) is 5.75 Å². The molecule has 1 fully saturated rings. The SMILES string of the molecule is CCOc1ccc(C(=O)CCC(=O)N2CCN(CC(=O)N(CC)CC)CC2)cc1. The monoisotopic (exact) mass is 403 g/mol. The van der Waals surface area contributed by atoms with Gasteiger partial charge in [0.25, 0.3) is 0 Å². The van der Waals surface area contributed by atoms with E-state index in [1.165, 1.54) is 0 Å². The Kier molecular flexibility index (Phi) is 9.12. The second kappa shape index (κ2) is 11.6. The van der Waals surface area contributed by atoms with Gasteiger partial charge in [-0.1, -0.05) is 0 Å². The molecule has 1 heterocycles. The largest absolute Gasteiger partial charge is 0.494 e. The van der Waals surface area contributed by atoms with Gasteiger partial charge in [-0.3, -0.25) is 19.3 Å². The molecule has 2 amide bonds. The number of nitrogens with zero attached hydrogens (tertiary/aromatic N) is 3. The molecule has 0 atom stereocenters. The van der Waals surface area contributed by atoms with E-state index >= 15 is 0 Å². The van der Waals surface area contributed by atoms with E-state index in [4.69, 9.17) is 4.74 Å². The van der Waals surface area contributed by atoms with Gasteiger partial charge in [0.15, 0.2) is 5.78 Å². The van der Waals surface area contributed by atoms with Crippen molar-refractivity contribution in [1.82, 2.24) is 14.7 Å². The van der Waals surface area contributed by atoms with Crippen LogP contribution in [0, 0.1) is 0 Å². The minimum absolute atomic E-state index is 0.000920. The number of carbonyl (C=O) groups is 3. The van der Waals surface area contributed by atoms with Crippen LogP contribution in [0.5, 0.6) is 5.75 Å². The quantitative estimate of drug-likeness (QED) is 0.560. The van der Waals surface area contributed by atoms with E-state index in [0.29, 0.717) is 44.9 Å². The van der Waals surface area contributed by atoms with Crippen LogP contribution in [0.1, 0.15) is 44.0 Å². The van der Waals surface area contributed by atoms with Crippen molar-refractivity contribution in [2.75, 3.05) is 52.4 Å². The van der Waals surface area contributed by atoms with Crippen molar-refractivity contribution >= 4 is 17.6 Å². The molecule has 0 unspecified atom stereocenters. The van der Waals surface area contributed by atoms with Gasteiger partial charge in [-0.15, -0.1) is 0 Å². The summed E-state index contributed by atoms with van der Waals surface area (Å²) in [6.07, 6.45) is 0.415. The van der Waals surface area contributed by atoms with Crippen molar-refractivity contribution in [3.05, 3.63) is 29.8 Å². The van der Waals surface area contributed by atoms with Gasteiger partial charge in [-0.2, -0.15) is 0 Å². The van der Waals surface area contributed by atoms with Crippen molar-refractivity contribution in [2.45, 2.75) is 33.6 Å². The van der Waals surface area contributed by atoms with E-state index in [0.717, 1.165) is 18.8 Å². The molecule has 0 aromatic heterocycles. The van der Waals surface area contributed by atoms with Gasteiger partial charge < -0.3 is 14.5 Å². The van der Waals surface area contributed by atoms with E-state index in [1.54, 1.807) is 29.2 Å². The number of carbonyl (C=O) groups excluding carboxylic acids is 3. The highest BCUT2D eigenvalue weighted by molar-refractivity contribution is 5.98. The minimum Gasteiger partial charge on any atom is -0.494 e. The number of benzene rings is 1. The van der Waals surface area contributed by atoms with Crippen LogP contribution < -0.4 is 4.74 Å². The van der Waals surface area contributed by atoms with Crippen molar-refractivity contribution in [1.29, 1.82) is 0 Å². The Morgan fingerprint density at radius 3 is 2.10 bits per heavy atom. The van der Waals surface area contributed by atoms with E-state index < -0.39 is 0 Å². The van der Waals surface area contributed by atoms with Gasteiger partial charge >= 0.3 is 0 Å². The van der Waals surface area contributed by atoms with Gasteiger partial charge in [-0.25, -0.2) is 0 Å². The van der Waals surface area contributed by atoms with E-state index in [9.17, 15) is 14.4 Å². The highest BCUT2D eigenvalue weighted by atomic mass is 16.5. The molecule has 1 aromatic carbocycles. The summed E-state index contributed by atoms with van der Waals surface area (Å²) in [6.45, 7) is 10.9. The summed E-state index contributed by atoms with van der Waals surface area (Å²) in [7, 11) is 0. The zero-order valence-electron chi connectivity index (χ0n) is 17.9. The number of amides is 2. The Hall–Kier alpha value is -2.41. The standard InChI is InChI=1S/C22H33N3O4/c1-4-24(5-2)22(28)17-23-13-15-25(16-14-23)21(27)12-11-20(26)18-7-9-19(10-8-18)29-6-3/h7-10H,4-6,11-17H2,1-3H3. The lowest BCUT2D eigenvalue weighted by atomic mass is 10.1. The molecule has 1 aliphatic rings. The van der Waals surface area contributed by atoms with Crippen molar-refractivity contribution in [3.8, 4) is 5.75 Å². The van der Waals surface area contributed by atoms with Crippen molar-refractivity contribution in [2.24, 2.45) is 0 Å². The van der Waals surface area contributed by atoms with Gasteiger partial charge in [0, 0.05) is 57.7 Å². The first-order valence-electron chi connectivity index (χ1n) is 10.5. The molecule has 0 bridgehead atoms. The van der Waals surface area contributed by atoms with Crippen LogP contribution in [0.25, 0.3) is 0 Å². The third-order valence-electron chi connectivity index (χ3n) is 5.25. The molecule has 1 aromatic rings. The van der Waals surface area contributed by atoms with E-state index in [2.05, 4.69) is 4.90 Å². The number of ether oxygens (including phenoxy) is 1. The lowest BCUT2D eigenvalue weighted by Gasteiger charge is -2.35. The van der Waals surface area contributed by atoms with Crippen LogP contribution in [0.4, 0.5) is 0 Å². The molecule has 2 rings (SSSR count). The number of hydrogen-bond donors (Lipinski definition) is 0. The molecule has 0 radical (unpaired) electrons. The molecule has 0 N–H and O–H groups in total. The Morgan fingerprint density at radius 2 is 1.55 bits per heavy atom. The van der Waals surface area contributed by atoms with Gasteiger partial charge in [-0.05, 0) is 45.0 Å². The smallest absolute Gasteiger partial charge is 0.236 e. The summed E-state index contributed by atoms with van der Waals surface area (Å²) in [5.74, 6) is 0.831. The number of rotatable bonds is 10. The lowest BCUT2D eigenvalue weighted by molar-refractivity contribution is -0.135. The Morgan fingerprint density at radius 1 is 0.931 bits per heavy atom. The molecular weight excluding hydrogens is 370 g/mol. The van der Waals surface area contributed by atoms with Crippen LogP contribution in [0.15, 0.2) is 24.3 Å². The van der Waals surface area contributed by atoms with Crippen LogP contribution in [-0.4, -0.2) is 84.7 Å². The van der Waals surface area contributed by atoms with E-state index in [1.807, 2.05) is 25.7 Å². The second-order valence-electron chi connectivity index (χ2n) is 7.10. The molecule has 160 valence electrons. The molecule has 7 nitrogen and oxygen atoms in total. The average molecular weight is 404 g/mol. The maximum absolute atomic E-state index is 12.5. The van der Waals surface area contributed by atoms with Gasteiger partial charge in [0.05, 0.1) is 13.2 Å². The third kappa shape index (κ3) is 6.85. The molecule has 1 aliphatic heterocycles. The first-order valence-corrected chi connectivity index (χ1v) is 10.5. The maximum atomic E-state index is 12.5. The fourth-order valence-electron chi connectivity index (χ4n) is 3.45. The summed E-state index contributed by atoms with van der Waals surface area (Å²) in [4.78, 5) is 42.7. The van der Waals surface area contributed by atoms with Crippen molar-refractivity contribution < 1.29 is 19.1 Å². The number of ketones is 1. The molecule has 1 saturated heterocycles. The Labute approximate surface area is 173 Å². The van der Waals surface area contributed by atoms with Crippen LogP contribution in [0.3, 0.4) is 0 Å². The Balaban J connectivity index is 1.73. The molecule has 7 heteroatoms. The number of likely N-dealkylation sites (N-methyl/N-ethyl adjacent to an activating group) is 1. The fraction of sp³-hybridized carbons (Fsp3) is 0.591.